The molecule has 0 N–H and O–H groups in total. The molecule has 3 aromatic rings. The van der Waals surface area contributed by atoms with E-state index in [2.05, 4.69) is 34.3 Å². The first-order valence-corrected chi connectivity index (χ1v) is 11.5. The van der Waals surface area contributed by atoms with Crippen LogP contribution in [0.3, 0.4) is 0 Å². The third-order valence-corrected chi connectivity index (χ3v) is 7.47. The zero-order chi connectivity index (χ0) is 20.9. The van der Waals surface area contributed by atoms with Crippen molar-refractivity contribution in [3.8, 4) is 0 Å². The molecular weight excluding hydrogens is 396 g/mol. The summed E-state index contributed by atoms with van der Waals surface area (Å²) in [6.45, 7) is 4.81. The minimum Gasteiger partial charge on any atom is -0.333 e. The molecule has 7 heteroatoms. The van der Waals surface area contributed by atoms with Crippen LogP contribution in [-0.2, 0) is 10.2 Å². The summed E-state index contributed by atoms with van der Waals surface area (Å²) in [6, 6.07) is 11.9. The van der Waals surface area contributed by atoms with Gasteiger partial charge in [-0.25, -0.2) is 4.98 Å². The second kappa shape index (κ2) is 7.30. The normalized spacial score (nSPS) is 20.2. The van der Waals surface area contributed by atoms with Crippen LogP contribution in [0.15, 0.2) is 41.2 Å². The fraction of sp³-hybridized carbons (Fsp3) is 0.478. The van der Waals surface area contributed by atoms with Crippen molar-refractivity contribution in [2.24, 2.45) is 0 Å². The van der Waals surface area contributed by atoms with Gasteiger partial charge in [-0.3, -0.25) is 9.59 Å². The average molecular weight is 423 g/mol. The van der Waals surface area contributed by atoms with Gasteiger partial charge in [-0.1, -0.05) is 55.5 Å². The van der Waals surface area contributed by atoms with Gasteiger partial charge < -0.3 is 4.90 Å². The van der Waals surface area contributed by atoms with Crippen molar-refractivity contribution in [1.29, 1.82) is 0 Å². The number of carbonyl (C=O) groups excluding carboxylic acids is 1. The van der Waals surface area contributed by atoms with Gasteiger partial charge in [0, 0.05) is 24.4 Å². The minimum absolute atomic E-state index is 0.00370. The fourth-order valence-corrected chi connectivity index (χ4v) is 5.56. The van der Waals surface area contributed by atoms with Gasteiger partial charge in [0.1, 0.15) is 5.01 Å². The second-order valence-corrected chi connectivity index (χ2v) is 9.86. The fourth-order valence-electron chi connectivity index (χ4n) is 4.50. The molecule has 3 heterocycles. The van der Waals surface area contributed by atoms with Crippen molar-refractivity contribution in [2.45, 2.75) is 63.3 Å². The Morgan fingerprint density at radius 1 is 1.27 bits per heavy atom. The minimum atomic E-state index is -0.150. The van der Waals surface area contributed by atoms with Crippen LogP contribution in [0.5, 0.6) is 0 Å². The number of hydrogen-bond donors (Lipinski definition) is 0. The molecular formula is C23H26N4O2S. The Kier molecular flexibility index (Phi) is 4.73. The second-order valence-electron chi connectivity index (χ2n) is 8.88. The highest BCUT2D eigenvalue weighted by Crippen LogP contribution is 2.52. The number of fused-ring (bicyclic) bond motifs is 1. The predicted molar refractivity (Wildman–Crippen MR) is 117 cm³/mol. The molecule has 156 valence electrons. The molecule has 1 atom stereocenters. The van der Waals surface area contributed by atoms with Crippen LogP contribution < -0.4 is 5.56 Å². The van der Waals surface area contributed by atoms with Crippen LogP contribution in [0.4, 0.5) is 0 Å². The Morgan fingerprint density at radius 3 is 2.73 bits per heavy atom. The first kappa shape index (κ1) is 19.4. The van der Waals surface area contributed by atoms with E-state index in [1.165, 1.54) is 21.4 Å². The van der Waals surface area contributed by atoms with Crippen molar-refractivity contribution in [3.05, 3.63) is 63.0 Å². The van der Waals surface area contributed by atoms with Crippen LogP contribution in [-0.4, -0.2) is 31.9 Å². The number of benzene rings is 1. The quantitative estimate of drug-likeness (QED) is 0.622. The molecule has 5 rings (SSSR count). The zero-order valence-electron chi connectivity index (χ0n) is 17.4. The highest BCUT2D eigenvalue weighted by molar-refractivity contribution is 7.16. The molecule has 1 saturated heterocycles. The number of nitrogens with zero attached hydrogens (tertiary/aromatic N) is 4. The van der Waals surface area contributed by atoms with E-state index in [4.69, 9.17) is 0 Å². The summed E-state index contributed by atoms with van der Waals surface area (Å²) in [4.78, 5) is 33.0. The van der Waals surface area contributed by atoms with Crippen molar-refractivity contribution in [2.75, 3.05) is 6.54 Å². The molecule has 2 aromatic heterocycles. The van der Waals surface area contributed by atoms with E-state index in [9.17, 15) is 9.59 Å². The molecule has 1 saturated carbocycles. The molecule has 1 aliphatic carbocycles. The van der Waals surface area contributed by atoms with E-state index < -0.39 is 0 Å². The zero-order valence-corrected chi connectivity index (χ0v) is 18.2. The van der Waals surface area contributed by atoms with Crippen LogP contribution >= 0.6 is 11.3 Å². The van der Waals surface area contributed by atoms with Crippen LogP contribution in [0.25, 0.3) is 4.96 Å². The number of rotatable bonds is 5. The molecule has 2 fully saturated rings. The standard InChI is InChI=1S/C23H26N4O2S/c1-15(2)17-13-19(28)27-22(24-17)30-21(25-27)18-9-6-12-26(18)20(29)14-23(10-11-23)16-7-4-3-5-8-16/h3-5,7-8,13,15,18H,6,9-12,14H2,1-2H3/t18-/m1/s1. The van der Waals surface area contributed by atoms with Gasteiger partial charge in [0.25, 0.3) is 5.56 Å². The lowest BCUT2D eigenvalue weighted by molar-refractivity contribution is -0.132. The van der Waals surface area contributed by atoms with Gasteiger partial charge in [-0.15, -0.1) is 0 Å². The van der Waals surface area contributed by atoms with E-state index in [1.54, 1.807) is 6.07 Å². The van der Waals surface area contributed by atoms with E-state index in [-0.39, 0.29) is 28.8 Å². The molecule has 30 heavy (non-hydrogen) atoms. The molecule has 0 spiro atoms. The van der Waals surface area contributed by atoms with Crippen molar-refractivity contribution >= 4 is 22.2 Å². The SMILES string of the molecule is CC(C)c1cc(=O)n2nc([C@H]3CCCN3C(=O)CC3(c4ccccc4)CC3)sc2n1. The third-order valence-electron chi connectivity index (χ3n) is 6.46. The summed E-state index contributed by atoms with van der Waals surface area (Å²) >= 11 is 1.44. The molecule has 0 radical (unpaired) electrons. The van der Waals surface area contributed by atoms with Crippen molar-refractivity contribution < 1.29 is 4.79 Å². The highest BCUT2D eigenvalue weighted by Gasteiger charge is 2.47. The number of likely N-dealkylation sites (tertiary alicyclic amines) is 1. The first-order chi connectivity index (χ1) is 14.5. The monoisotopic (exact) mass is 422 g/mol. The molecule has 6 nitrogen and oxygen atoms in total. The maximum absolute atomic E-state index is 13.3. The largest absolute Gasteiger partial charge is 0.333 e. The number of hydrogen-bond acceptors (Lipinski definition) is 5. The van der Waals surface area contributed by atoms with Crippen LogP contribution in [0.2, 0.25) is 0 Å². The summed E-state index contributed by atoms with van der Waals surface area (Å²) in [5, 5.41) is 5.38. The molecule has 1 amide bonds. The van der Waals surface area contributed by atoms with Crippen molar-refractivity contribution in [1.82, 2.24) is 19.5 Å². The summed E-state index contributed by atoms with van der Waals surface area (Å²) in [6.07, 6.45) is 4.54. The van der Waals surface area contributed by atoms with E-state index in [0.717, 1.165) is 42.9 Å². The Labute approximate surface area is 179 Å². The number of carbonyl (C=O) groups is 1. The van der Waals surface area contributed by atoms with Gasteiger partial charge in [-0.2, -0.15) is 9.61 Å². The van der Waals surface area contributed by atoms with E-state index >= 15 is 0 Å². The van der Waals surface area contributed by atoms with E-state index in [0.29, 0.717) is 11.4 Å². The lowest BCUT2D eigenvalue weighted by Crippen LogP contribution is -2.33. The topological polar surface area (TPSA) is 67.6 Å². The summed E-state index contributed by atoms with van der Waals surface area (Å²) < 4.78 is 1.39. The Balaban J connectivity index is 1.41. The lowest BCUT2D eigenvalue weighted by atomic mass is 9.92. The maximum atomic E-state index is 13.3. The van der Waals surface area contributed by atoms with E-state index in [1.807, 2.05) is 24.8 Å². The molecule has 0 unspecified atom stereocenters. The lowest BCUT2D eigenvalue weighted by Gasteiger charge is -2.25. The Morgan fingerprint density at radius 2 is 2.03 bits per heavy atom. The Bertz CT molecular complexity index is 1150. The van der Waals surface area contributed by atoms with Crippen molar-refractivity contribution in [3.63, 3.8) is 0 Å². The van der Waals surface area contributed by atoms with Gasteiger partial charge in [0.15, 0.2) is 0 Å². The Hall–Kier alpha value is -2.54. The average Bonchev–Trinajstić information content (AvgIpc) is 3.16. The summed E-state index contributed by atoms with van der Waals surface area (Å²) in [5.41, 5.74) is 1.91. The van der Waals surface area contributed by atoms with Gasteiger partial charge >= 0.3 is 0 Å². The molecule has 1 aliphatic heterocycles. The molecule has 2 aliphatic rings. The number of aromatic nitrogens is 3. The maximum Gasteiger partial charge on any atom is 0.275 e. The van der Waals surface area contributed by atoms with Crippen LogP contribution in [0, 0.1) is 0 Å². The van der Waals surface area contributed by atoms with Gasteiger partial charge in [-0.05, 0) is 37.2 Å². The summed E-state index contributed by atoms with van der Waals surface area (Å²) in [7, 11) is 0. The third kappa shape index (κ3) is 3.35. The molecule has 0 bridgehead atoms. The molecule has 1 aromatic carbocycles. The number of amides is 1. The summed E-state index contributed by atoms with van der Waals surface area (Å²) in [5.74, 6) is 0.381. The first-order valence-electron chi connectivity index (χ1n) is 10.7. The predicted octanol–water partition coefficient (Wildman–Crippen LogP) is 4.06. The van der Waals surface area contributed by atoms with Crippen LogP contribution in [0.1, 0.15) is 74.2 Å². The van der Waals surface area contributed by atoms with Gasteiger partial charge in [0.05, 0.1) is 11.7 Å². The highest BCUT2D eigenvalue weighted by atomic mass is 32.1. The smallest absolute Gasteiger partial charge is 0.275 e. The van der Waals surface area contributed by atoms with Gasteiger partial charge in [0.2, 0.25) is 10.9 Å².